The number of aliphatic carboxylic acids is 2. The van der Waals surface area contributed by atoms with Crippen molar-refractivity contribution < 1.29 is 19.8 Å². The number of hydrogen-bond acceptors (Lipinski definition) is 6. The maximum absolute atomic E-state index is 12.7. The van der Waals surface area contributed by atoms with Crippen molar-refractivity contribution in [3.05, 3.63) is 0 Å². The van der Waals surface area contributed by atoms with Crippen LogP contribution in [0.3, 0.4) is 0 Å². The molecular weight excluding hydrogens is 609 g/mol. The van der Waals surface area contributed by atoms with Crippen LogP contribution in [0.2, 0.25) is 0 Å². The van der Waals surface area contributed by atoms with Crippen LogP contribution in [0, 0.1) is 5.41 Å². The molecule has 0 atom stereocenters. The van der Waals surface area contributed by atoms with Crippen molar-refractivity contribution in [2.75, 3.05) is 23.0 Å². The summed E-state index contributed by atoms with van der Waals surface area (Å²) < 4.78 is 0. The lowest BCUT2D eigenvalue weighted by Crippen LogP contribution is -2.44. The van der Waals surface area contributed by atoms with E-state index >= 15 is 0 Å². The molecule has 274 valence electrons. The topological polar surface area (TPSA) is 80.3 Å². The summed E-state index contributed by atoms with van der Waals surface area (Å²) in [6.07, 6.45) is 37.4. The summed E-state index contributed by atoms with van der Waals surface area (Å²) in [6, 6.07) is 0. The molecule has 0 unspecified atom stereocenters. The first kappa shape index (κ1) is 45.6. The standard InChI is InChI=1S/C40H78O4S2/c1-3-5-7-9-11-13-15-17-19-21-23-27-32-40(39(43)44,33-28-24-22-20-18-16-14-12-10-8-6-4-2)37-46-35-30-26-25-29-34-45-36-31-38(41)42/h3-37H2,1-2H3,(H,41,42)(H,43,44)/p-2. The molecule has 0 heterocycles. The molecule has 0 aromatic rings. The van der Waals surface area contributed by atoms with Gasteiger partial charge in [0.05, 0.1) is 0 Å². The Balaban J connectivity index is 4.39. The molecule has 0 N–H and O–H groups in total. The first-order valence-corrected chi connectivity index (χ1v) is 22.4. The van der Waals surface area contributed by atoms with E-state index in [4.69, 9.17) is 0 Å². The van der Waals surface area contributed by atoms with Crippen LogP contribution >= 0.6 is 23.5 Å². The average molecular weight is 685 g/mol. The van der Waals surface area contributed by atoms with Gasteiger partial charge in [0, 0.05) is 23.1 Å². The van der Waals surface area contributed by atoms with Gasteiger partial charge in [-0.1, -0.05) is 181 Å². The molecule has 0 radical (unpaired) electrons. The van der Waals surface area contributed by atoms with Crippen LogP contribution in [0.15, 0.2) is 0 Å². The summed E-state index contributed by atoms with van der Waals surface area (Å²) in [7, 11) is 0. The molecule has 0 saturated heterocycles. The van der Waals surface area contributed by atoms with Gasteiger partial charge in [-0.15, -0.1) is 0 Å². The molecule has 0 spiro atoms. The molecule has 4 nitrogen and oxygen atoms in total. The van der Waals surface area contributed by atoms with E-state index in [0.717, 1.165) is 75.7 Å². The van der Waals surface area contributed by atoms with Crippen molar-refractivity contribution >= 4 is 35.5 Å². The molecule has 0 aromatic heterocycles. The second-order valence-corrected chi connectivity index (χ2v) is 16.4. The van der Waals surface area contributed by atoms with Crippen LogP contribution in [0.1, 0.15) is 213 Å². The van der Waals surface area contributed by atoms with Gasteiger partial charge in [-0.05, 0) is 49.4 Å². The van der Waals surface area contributed by atoms with Gasteiger partial charge in [0.2, 0.25) is 0 Å². The summed E-state index contributed by atoms with van der Waals surface area (Å²) in [5.41, 5.74) is -0.669. The van der Waals surface area contributed by atoms with Crippen molar-refractivity contribution in [1.29, 1.82) is 0 Å². The SMILES string of the molecule is CCCCCCCCCCCCCCC(CCCCCCCCCCCCCC)(CSCCCCCCSCCC(=O)[O-])C(=O)[O-]. The highest BCUT2D eigenvalue weighted by atomic mass is 32.2. The third kappa shape index (κ3) is 30.9. The van der Waals surface area contributed by atoms with Gasteiger partial charge < -0.3 is 19.8 Å². The normalized spacial score (nSPS) is 11.8. The Morgan fingerprint density at radius 3 is 1.11 bits per heavy atom. The van der Waals surface area contributed by atoms with Crippen LogP contribution in [0.5, 0.6) is 0 Å². The van der Waals surface area contributed by atoms with Gasteiger partial charge in [0.25, 0.3) is 0 Å². The van der Waals surface area contributed by atoms with Crippen molar-refractivity contribution in [3.63, 3.8) is 0 Å². The number of carbonyl (C=O) groups excluding carboxylic acids is 2. The molecule has 6 heteroatoms. The van der Waals surface area contributed by atoms with Crippen molar-refractivity contribution in [3.8, 4) is 0 Å². The Bertz CT molecular complexity index is 629. The number of hydrogen-bond donors (Lipinski definition) is 0. The quantitative estimate of drug-likeness (QED) is 0.0600. The molecular formula is C40H76O4S2-2. The van der Waals surface area contributed by atoms with Crippen LogP contribution in [0.4, 0.5) is 0 Å². The smallest absolute Gasteiger partial charge is 0.0484 e. The highest BCUT2D eigenvalue weighted by molar-refractivity contribution is 7.99. The fraction of sp³-hybridized carbons (Fsp3) is 0.950. The van der Waals surface area contributed by atoms with E-state index < -0.39 is 17.4 Å². The largest absolute Gasteiger partial charge is 0.550 e. The molecule has 0 aromatic carbocycles. The van der Waals surface area contributed by atoms with E-state index in [2.05, 4.69) is 13.8 Å². The number of rotatable bonds is 39. The lowest BCUT2D eigenvalue weighted by Gasteiger charge is -2.35. The molecule has 0 aliphatic rings. The molecule has 0 rings (SSSR count). The molecule has 0 amide bonds. The van der Waals surface area contributed by atoms with E-state index in [0.29, 0.717) is 11.5 Å². The summed E-state index contributed by atoms with van der Waals surface area (Å²) in [5, 5.41) is 23.2. The van der Waals surface area contributed by atoms with E-state index in [1.54, 1.807) is 11.8 Å². The zero-order valence-electron chi connectivity index (χ0n) is 30.7. The lowest BCUT2D eigenvalue weighted by molar-refractivity contribution is -0.319. The Morgan fingerprint density at radius 1 is 0.435 bits per heavy atom. The average Bonchev–Trinajstić information content (AvgIpc) is 3.04. The molecule has 0 aliphatic heterocycles. The molecule has 0 saturated carbocycles. The zero-order chi connectivity index (χ0) is 33.8. The number of thioether (sulfide) groups is 2. The lowest BCUT2D eigenvalue weighted by atomic mass is 9.79. The zero-order valence-corrected chi connectivity index (χ0v) is 32.3. The summed E-state index contributed by atoms with van der Waals surface area (Å²) in [5.74, 6) is 1.59. The maximum atomic E-state index is 12.7. The van der Waals surface area contributed by atoms with Crippen LogP contribution in [-0.2, 0) is 9.59 Å². The predicted octanol–water partition coefficient (Wildman–Crippen LogP) is 11.1. The maximum Gasteiger partial charge on any atom is 0.0484 e. The Labute approximate surface area is 295 Å². The molecule has 0 bridgehead atoms. The van der Waals surface area contributed by atoms with Gasteiger partial charge in [-0.2, -0.15) is 23.5 Å². The molecule has 0 fully saturated rings. The number of carboxylic acid groups (broad SMARTS) is 2. The minimum absolute atomic E-state index is 0.139. The highest BCUT2D eigenvalue weighted by Gasteiger charge is 2.30. The third-order valence-corrected chi connectivity index (χ3v) is 12.0. The highest BCUT2D eigenvalue weighted by Crippen LogP contribution is 2.36. The van der Waals surface area contributed by atoms with E-state index in [1.165, 1.54) is 128 Å². The van der Waals surface area contributed by atoms with Crippen molar-refractivity contribution in [1.82, 2.24) is 0 Å². The van der Waals surface area contributed by atoms with Crippen LogP contribution in [0.25, 0.3) is 0 Å². The first-order valence-electron chi connectivity index (χ1n) is 20.0. The second kappa shape index (κ2) is 35.9. The van der Waals surface area contributed by atoms with Gasteiger partial charge in [-0.25, -0.2) is 0 Å². The van der Waals surface area contributed by atoms with E-state index in [9.17, 15) is 19.8 Å². The van der Waals surface area contributed by atoms with Crippen LogP contribution < -0.4 is 10.2 Å². The monoisotopic (exact) mass is 685 g/mol. The van der Waals surface area contributed by atoms with Crippen LogP contribution in [-0.4, -0.2) is 35.0 Å². The van der Waals surface area contributed by atoms with E-state index in [1.807, 2.05) is 11.8 Å². The van der Waals surface area contributed by atoms with E-state index in [-0.39, 0.29) is 6.42 Å². The summed E-state index contributed by atoms with van der Waals surface area (Å²) >= 11 is 3.53. The Kier molecular flexibility index (Phi) is 35.7. The first-order chi connectivity index (χ1) is 22.5. The Morgan fingerprint density at radius 2 is 0.761 bits per heavy atom. The Hall–Kier alpha value is -0.360. The number of unbranched alkanes of at least 4 members (excludes halogenated alkanes) is 25. The summed E-state index contributed by atoms with van der Waals surface area (Å²) in [4.78, 5) is 23.2. The predicted molar refractivity (Wildman–Crippen MR) is 202 cm³/mol. The van der Waals surface area contributed by atoms with Gasteiger partial charge in [-0.3, -0.25) is 0 Å². The van der Waals surface area contributed by atoms with Crippen molar-refractivity contribution in [2.24, 2.45) is 5.41 Å². The molecule has 0 aliphatic carbocycles. The minimum Gasteiger partial charge on any atom is -0.550 e. The minimum atomic E-state index is -0.963. The number of carbonyl (C=O) groups is 2. The number of carboxylic acids is 2. The van der Waals surface area contributed by atoms with Gasteiger partial charge in [0.1, 0.15) is 0 Å². The van der Waals surface area contributed by atoms with Gasteiger partial charge >= 0.3 is 0 Å². The third-order valence-electron chi connectivity index (χ3n) is 9.61. The van der Waals surface area contributed by atoms with Gasteiger partial charge in [0.15, 0.2) is 0 Å². The second-order valence-electron chi connectivity index (χ2n) is 14.0. The summed E-state index contributed by atoms with van der Waals surface area (Å²) in [6.45, 7) is 4.54. The fourth-order valence-electron chi connectivity index (χ4n) is 6.43. The fourth-order valence-corrected chi connectivity index (χ4v) is 8.70. The van der Waals surface area contributed by atoms with Crippen molar-refractivity contribution in [2.45, 2.75) is 213 Å². The molecule has 46 heavy (non-hydrogen) atoms.